The Morgan fingerprint density at radius 2 is 0.837 bits per heavy atom. The van der Waals surface area contributed by atoms with Gasteiger partial charge in [0, 0.05) is 137 Å². The van der Waals surface area contributed by atoms with Crippen LogP contribution in [0.5, 0.6) is 0 Å². The number of piperidine rings is 1. The first-order valence-electron chi connectivity index (χ1n) is 28.8. The number of fused-ring (bicyclic) bond motifs is 4. The van der Waals surface area contributed by atoms with Crippen molar-refractivity contribution >= 4 is 96.7 Å². The molecule has 8 heterocycles. The fourth-order valence-corrected chi connectivity index (χ4v) is 15.6. The Balaban J connectivity index is 0.000000120. The van der Waals surface area contributed by atoms with Gasteiger partial charge in [0.05, 0.1) is 63.8 Å². The van der Waals surface area contributed by atoms with E-state index in [-0.39, 0.29) is 11.7 Å². The molecule has 4 saturated heterocycles. The summed E-state index contributed by atoms with van der Waals surface area (Å²) in [4.78, 5) is 20.3. The average molecular weight is 1220 g/mol. The second-order valence-electron chi connectivity index (χ2n) is 21.8. The summed E-state index contributed by atoms with van der Waals surface area (Å²) in [5, 5.41) is 32.7. The van der Waals surface area contributed by atoms with Crippen LogP contribution >= 0.6 is 0 Å². The lowest BCUT2D eigenvalue weighted by atomic mass is 9.88. The maximum Gasteiger partial charge on any atom is 0.243 e. The predicted octanol–water partition coefficient (Wildman–Crippen LogP) is 7.22. The van der Waals surface area contributed by atoms with Crippen LogP contribution in [0.4, 0.5) is 17.1 Å². The molecule has 4 aromatic heterocycles. The summed E-state index contributed by atoms with van der Waals surface area (Å²) < 4.78 is 78.5. The molecule has 6 aromatic carbocycles. The first kappa shape index (κ1) is 59.5. The third kappa shape index (κ3) is 13.6. The summed E-state index contributed by atoms with van der Waals surface area (Å²) in [5.74, 6) is 0.640. The molecule has 86 heavy (non-hydrogen) atoms. The Labute approximate surface area is 500 Å². The Kier molecular flexibility index (Phi) is 18.1. The number of benzene rings is 6. The second-order valence-corrected chi connectivity index (χ2v) is 27.7. The number of nitrogens with zero attached hydrogens (tertiary/aromatic N) is 11. The van der Waals surface area contributed by atoms with Gasteiger partial charge in [0.1, 0.15) is 0 Å². The molecule has 0 spiro atoms. The van der Waals surface area contributed by atoms with Gasteiger partial charge in [-0.3, -0.25) is 25.2 Å². The average Bonchev–Trinajstić information content (AvgIpc) is 4.09. The monoisotopic (exact) mass is 1220 g/mol. The zero-order valence-electron chi connectivity index (χ0n) is 48.1. The highest BCUT2D eigenvalue weighted by Crippen LogP contribution is 2.34. The van der Waals surface area contributed by atoms with E-state index in [2.05, 4.69) is 79.8 Å². The Morgan fingerprint density at radius 1 is 0.442 bits per heavy atom. The maximum atomic E-state index is 12.7. The lowest BCUT2D eigenvalue weighted by Gasteiger charge is -2.35. The zero-order chi connectivity index (χ0) is 59.8. The van der Waals surface area contributed by atoms with Crippen molar-refractivity contribution < 1.29 is 30.0 Å². The highest BCUT2D eigenvalue weighted by atomic mass is 32.2. The molecule has 14 rings (SSSR count). The minimum absolute atomic E-state index is 0.0607. The number of H-pyrrole nitrogens is 4. The number of hydrogen-bond acceptors (Lipinski definition) is 14. The van der Waals surface area contributed by atoms with E-state index in [1.165, 1.54) is 17.5 Å². The number of aromatic nitrogens is 8. The Bertz CT molecular complexity index is 4240. The van der Waals surface area contributed by atoms with Crippen LogP contribution in [0.15, 0.2) is 163 Å². The van der Waals surface area contributed by atoms with Crippen LogP contribution in [0.3, 0.4) is 0 Å². The summed E-state index contributed by atoms with van der Waals surface area (Å²) in [5.41, 5.74) is 9.59. The van der Waals surface area contributed by atoms with Crippen LogP contribution in [0.1, 0.15) is 36.8 Å². The van der Waals surface area contributed by atoms with Crippen molar-refractivity contribution in [3.8, 4) is 0 Å². The van der Waals surface area contributed by atoms with Gasteiger partial charge in [-0.15, -0.1) is 0 Å². The molecule has 10 aromatic rings. The number of anilines is 3. The normalized spacial score (nSPS) is 17.0. The summed E-state index contributed by atoms with van der Waals surface area (Å²) in [7, 11) is -9.75. The second kappa shape index (κ2) is 26.2. The number of nitrogens with one attached hydrogen (secondary N) is 4. The molecule has 0 saturated carbocycles. The van der Waals surface area contributed by atoms with Gasteiger partial charge >= 0.3 is 0 Å². The van der Waals surface area contributed by atoms with E-state index >= 15 is 0 Å². The molecule has 0 atom stereocenters. The number of amides is 1. The van der Waals surface area contributed by atoms with E-state index in [9.17, 15) is 30.0 Å². The highest BCUT2D eigenvalue weighted by molar-refractivity contribution is 7.89. The SMILES string of the molecule is CC(=O)N1CCN(c2cccc3[nH]ncc23)CC1.CS(=O)(=O)N1CCC(c2cccc3[nH]ncc23)CC1.O=S(=O)(Cc1ccccc1)N1CCN(c2cccc3[nH]ncc23)CC1.O=S(=O)(c1ccccc1)N1CCN(c2cccc3[nH]ncc23)CC1. The molecule has 22 nitrogen and oxygen atoms in total. The fraction of sp³-hybridized carbons (Fsp3) is 0.328. The number of carbonyl (C=O) groups is 1. The van der Waals surface area contributed by atoms with Crippen molar-refractivity contribution in [1.29, 1.82) is 0 Å². The lowest BCUT2D eigenvalue weighted by molar-refractivity contribution is -0.129. The minimum atomic E-state index is -3.41. The molecule has 0 aliphatic carbocycles. The summed E-state index contributed by atoms with van der Waals surface area (Å²) in [6.45, 7) is 10.8. The van der Waals surface area contributed by atoms with Crippen molar-refractivity contribution in [2.75, 3.05) is 113 Å². The van der Waals surface area contributed by atoms with Crippen LogP contribution in [0.2, 0.25) is 0 Å². The van der Waals surface area contributed by atoms with Crippen molar-refractivity contribution in [3.05, 3.63) is 169 Å². The van der Waals surface area contributed by atoms with E-state index in [4.69, 9.17) is 0 Å². The molecule has 4 aliphatic heterocycles. The number of aromatic amines is 4. The van der Waals surface area contributed by atoms with Crippen molar-refractivity contribution in [1.82, 2.24) is 58.6 Å². The van der Waals surface area contributed by atoms with Crippen molar-refractivity contribution in [2.45, 2.75) is 36.3 Å². The van der Waals surface area contributed by atoms with E-state index in [0.717, 1.165) is 99.6 Å². The molecule has 4 aliphatic rings. The number of piperazine rings is 3. The van der Waals surface area contributed by atoms with Gasteiger partial charge in [-0.2, -0.15) is 29.0 Å². The van der Waals surface area contributed by atoms with E-state index in [1.54, 1.807) is 44.1 Å². The molecule has 0 unspecified atom stereocenters. The Hall–Kier alpha value is -8.20. The van der Waals surface area contributed by atoms with Gasteiger partial charge in [0.2, 0.25) is 36.0 Å². The third-order valence-electron chi connectivity index (χ3n) is 16.5. The third-order valence-corrected chi connectivity index (χ3v) is 21.5. The number of carbonyl (C=O) groups excluding carboxylic acids is 1. The standard InChI is InChI=1S/C18H20N4O2S.C17H18N4O2S.C13H16N4O.C13H17N3O2S/c23-25(24,14-15-5-2-1-3-6-15)22-11-9-21(10-12-22)18-8-4-7-17-16(18)13-19-20-17;22-24(23,14-5-2-1-3-6-14)21-11-9-20(10-12-21)17-8-4-7-16-15(17)13-18-19-16;1-10(18)16-5-7-17(8-6-16)13-4-2-3-12-11(13)9-14-15-12;1-19(17,18)16-7-5-10(6-8-16)11-3-2-4-13-12(11)9-14-15-13/h1-8,13H,9-12,14H2,(H,19,20);1-8,13H,9-12H2,(H,18,19);2-4,9H,5-8H2,1H3,(H,14,15);2-4,9-10H,5-8H2,1H3,(H,14,15). The molecular formula is C61H71N15O7S3. The van der Waals surface area contributed by atoms with Crippen LogP contribution in [0.25, 0.3) is 43.6 Å². The van der Waals surface area contributed by atoms with Crippen LogP contribution < -0.4 is 14.7 Å². The van der Waals surface area contributed by atoms with Crippen molar-refractivity contribution in [2.24, 2.45) is 0 Å². The van der Waals surface area contributed by atoms with Crippen LogP contribution in [-0.2, 0) is 40.6 Å². The zero-order valence-corrected chi connectivity index (χ0v) is 50.6. The highest BCUT2D eigenvalue weighted by Gasteiger charge is 2.31. The minimum Gasteiger partial charge on any atom is -0.368 e. The topological polar surface area (TPSA) is 257 Å². The van der Waals surface area contributed by atoms with Crippen molar-refractivity contribution in [3.63, 3.8) is 0 Å². The summed E-state index contributed by atoms with van der Waals surface area (Å²) in [6.07, 6.45) is 10.4. The van der Waals surface area contributed by atoms with E-state index in [1.807, 2.05) is 115 Å². The molecule has 450 valence electrons. The summed E-state index contributed by atoms with van der Waals surface area (Å²) in [6, 6.07) is 42.4. The molecule has 4 N–H and O–H groups in total. The fourth-order valence-electron chi connectivity index (χ4n) is 11.8. The lowest BCUT2D eigenvalue weighted by Crippen LogP contribution is -2.49. The molecule has 0 radical (unpaired) electrons. The van der Waals surface area contributed by atoms with E-state index in [0.29, 0.717) is 76.3 Å². The quantitative estimate of drug-likeness (QED) is 0.105. The molecular weight excluding hydrogens is 1150 g/mol. The van der Waals surface area contributed by atoms with Gasteiger partial charge in [-0.05, 0) is 84.5 Å². The van der Waals surface area contributed by atoms with Crippen LogP contribution in [-0.4, -0.2) is 188 Å². The summed E-state index contributed by atoms with van der Waals surface area (Å²) >= 11 is 0. The van der Waals surface area contributed by atoms with Gasteiger partial charge in [0.25, 0.3) is 0 Å². The number of rotatable bonds is 10. The van der Waals surface area contributed by atoms with Gasteiger partial charge in [-0.1, -0.05) is 78.9 Å². The van der Waals surface area contributed by atoms with E-state index < -0.39 is 30.1 Å². The van der Waals surface area contributed by atoms with Crippen LogP contribution in [0, 0.1) is 0 Å². The molecule has 1 amide bonds. The van der Waals surface area contributed by atoms with Gasteiger partial charge in [-0.25, -0.2) is 29.6 Å². The predicted molar refractivity (Wildman–Crippen MR) is 337 cm³/mol. The smallest absolute Gasteiger partial charge is 0.243 e. The largest absolute Gasteiger partial charge is 0.368 e. The number of sulfonamides is 3. The van der Waals surface area contributed by atoms with Gasteiger partial charge in [0.15, 0.2) is 0 Å². The number of hydrogen-bond donors (Lipinski definition) is 4. The molecule has 25 heteroatoms. The first-order chi connectivity index (χ1) is 41.6. The molecule has 0 bridgehead atoms. The first-order valence-corrected chi connectivity index (χ1v) is 33.7. The Morgan fingerprint density at radius 3 is 1.28 bits per heavy atom. The van der Waals surface area contributed by atoms with Gasteiger partial charge < -0.3 is 19.6 Å². The maximum absolute atomic E-state index is 12.7. The molecule has 4 fully saturated rings.